The van der Waals surface area contributed by atoms with Crippen LogP contribution in [0.25, 0.3) is 10.9 Å². The first-order chi connectivity index (χ1) is 7.99. The Hall–Kier alpha value is -1.84. The molecule has 0 saturated carbocycles. The van der Waals surface area contributed by atoms with E-state index in [0.29, 0.717) is 5.92 Å². The molecule has 0 radical (unpaired) electrons. The summed E-state index contributed by atoms with van der Waals surface area (Å²) in [7, 11) is 0. The molecule has 0 amide bonds. The Morgan fingerprint density at radius 2 is 2.18 bits per heavy atom. The van der Waals surface area contributed by atoms with Crippen molar-refractivity contribution < 1.29 is 14.3 Å². The summed E-state index contributed by atoms with van der Waals surface area (Å²) in [6, 6.07) is 4.47. The van der Waals surface area contributed by atoms with Crippen molar-refractivity contribution >= 4 is 16.9 Å². The van der Waals surface area contributed by atoms with Crippen LogP contribution >= 0.6 is 0 Å². The molecule has 1 aromatic heterocycles. The minimum atomic E-state index is -1.23. The molecule has 0 aliphatic heterocycles. The molecule has 3 nitrogen and oxygen atoms in total. The summed E-state index contributed by atoms with van der Waals surface area (Å²) >= 11 is 0. The Morgan fingerprint density at radius 3 is 2.76 bits per heavy atom. The average molecular weight is 235 g/mol. The Bertz CT molecular complexity index is 572. The summed E-state index contributed by atoms with van der Waals surface area (Å²) < 4.78 is 15.4. The van der Waals surface area contributed by atoms with E-state index in [1.807, 2.05) is 10.8 Å². The van der Waals surface area contributed by atoms with Gasteiger partial charge in [-0.3, -0.25) is 0 Å². The second-order valence-electron chi connectivity index (χ2n) is 4.56. The lowest BCUT2D eigenvalue weighted by Gasteiger charge is -2.08. The van der Waals surface area contributed by atoms with Crippen molar-refractivity contribution in [2.24, 2.45) is 5.92 Å². The molecule has 0 spiro atoms. The van der Waals surface area contributed by atoms with Gasteiger partial charge in [-0.2, -0.15) is 0 Å². The van der Waals surface area contributed by atoms with E-state index in [9.17, 15) is 9.18 Å². The van der Waals surface area contributed by atoms with Crippen molar-refractivity contribution in [3.63, 3.8) is 0 Å². The van der Waals surface area contributed by atoms with Gasteiger partial charge in [0.15, 0.2) is 0 Å². The molecule has 4 heteroatoms. The van der Waals surface area contributed by atoms with E-state index in [4.69, 9.17) is 5.11 Å². The lowest BCUT2D eigenvalue weighted by Crippen LogP contribution is -2.05. The predicted octanol–water partition coefficient (Wildman–Crippen LogP) is 3.13. The number of carboxylic acid groups (broad SMARTS) is 1. The normalized spacial score (nSPS) is 11.3. The highest BCUT2D eigenvalue weighted by atomic mass is 19.1. The molecule has 17 heavy (non-hydrogen) atoms. The molecule has 0 saturated heterocycles. The van der Waals surface area contributed by atoms with Crippen LogP contribution in [0.4, 0.5) is 4.39 Å². The second kappa shape index (κ2) is 4.20. The first-order valence-electron chi connectivity index (χ1n) is 5.50. The summed E-state index contributed by atoms with van der Waals surface area (Å²) in [4.78, 5) is 10.9. The van der Waals surface area contributed by atoms with Crippen molar-refractivity contribution in [3.8, 4) is 0 Å². The summed E-state index contributed by atoms with van der Waals surface area (Å²) in [6.45, 7) is 4.94. The number of nitrogens with zero attached hydrogens (tertiary/aromatic N) is 1. The number of halogens is 1. The van der Waals surface area contributed by atoms with Crippen LogP contribution in [-0.2, 0) is 6.54 Å². The molecule has 2 rings (SSSR count). The molecule has 1 N–H and O–H groups in total. The molecule has 0 bridgehead atoms. The van der Waals surface area contributed by atoms with Gasteiger partial charge in [-0.15, -0.1) is 0 Å². The zero-order valence-corrected chi connectivity index (χ0v) is 9.77. The van der Waals surface area contributed by atoms with Crippen molar-refractivity contribution in [2.45, 2.75) is 20.4 Å². The third kappa shape index (κ3) is 2.16. The highest BCUT2D eigenvalue weighted by molar-refractivity contribution is 5.93. The van der Waals surface area contributed by atoms with Gasteiger partial charge in [0, 0.05) is 23.6 Å². The third-order valence-electron chi connectivity index (χ3n) is 2.65. The highest BCUT2D eigenvalue weighted by Crippen LogP contribution is 2.21. The number of aromatic carboxylic acids is 1. The molecule has 0 fully saturated rings. The van der Waals surface area contributed by atoms with Gasteiger partial charge in [-0.1, -0.05) is 13.8 Å². The van der Waals surface area contributed by atoms with Gasteiger partial charge in [0.1, 0.15) is 5.82 Å². The monoisotopic (exact) mass is 235 g/mol. The van der Waals surface area contributed by atoms with Crippen LogP contribution in [0.1, 0.15) is 24.2 Å². The van der Waals surface area contributed by atoms with Gasteiger partial charge in [-0.05, 0) is 24.1 Å². The predicted molar refractivity (Wildman–Crippen MR) is 63.7 cm³/mol. The lowest BCUT2D eigenvalue weighted by molar-refractivity contribution is 0.0692. The quantitative estimate of drug-likeness (QED) is 0.888. The standard InChI is InChI=1S/C13H14FNO2/c1-8(2)7-15-4-3-9-5-11(14)10(13(16)17)6-12(9)15/h3-6,8H,7H2,1-2H3,(H,16,17). The highest BCUT2D eigenvalue weighted by Gasteiger charge is 2.13. The molecule has 1 aromatic carbocycles. The van der Waals surface area contributed by atoms with E-state index in [1.165, 1.54) is 12.1 Å². The Balaban J connectivity index is 2.59. The number of hydrogen-bond donors (Lipinski definition) is 1. The first kappa shape index (κ1) is 11.6. The van der Waals surface area contributed by atoms with Gasteiger partial charge < -0.3 is 9.67 Å². The average Bonchev–Trinajstić information content (AvgIpc) is 2.58. The SMILES string of the molecule is CC(C)Cn1ccc2cc(F)c(C(=O)O)cc21. The summed E-state index contributed by atoms with van der Waals surface area (Å²) in [5.74, 6) is -1.47. The van der Waals surface area contributed by atoms with Gasteiger partial charge in [-0.25, -0.2) is 9.18 Å². The largest absolute Gasteiger partial charge is 0.478 e. The molecule has 0 aliphatic rings. The van der Waals surface area contributed by atoms with Crippen LogP contribution in [0.3, 0.4) is 0 Å². The Morgan fingerprint density at radius 1 is 1.47 bits per heavy atom. The summed E-state index contributed by atoms with van der Waals surface area (Å²) in [5.41, 5.74) is 0.485. The van der Waals surface area contributed by atoms with E-state index in [0.717, 1.165) is 17.4 Å². The zero-order chi connectivity index (χ0) is 12.6. The van der Waals surface area contributed by atoms with Crippen molar-refractivity contribution in [1.82, 2.24) is 4.57 Å². The van der Waals surface area contributed by atoms with Crippen molar-refractivity contribution in [2.75, 3.05) is 0 Å². The maximum atomic E-state index is 13.5. The topological polar surface area (TPSA) is 42.2 Å². The number of fused-ring (bicyclic) bond motifs is 1. The van der Waals surface area contributed by atoms with Gasteiger partial charge in [0.2, 0.25) is 0 Å². The van der Waals surface area contributed by atoms with Crippen LogP contribution in [0, 0.1) is 11.7 Å². The maximum Gasteiger partial charge on any atom is 0.338 e. The smallest absolute Gasteiger partial charge is 0.338 e. The summed E-state index contributed by atoms with van der Waals surface area (Å²) in [5, 5.41) is 9.62. The first-order valence-corrected chi connectivity index (χ1v) is 5.50. The molecular weight excluding hydrogens is 221 g/mol. The van der Waals surface area contributed by atoms with Gasteiger partial charge in [0.05, 0.1) is 5.56 Å². The molecule has 90 valence electrons. The summed E-state index contributed by atoms with van der Waals surface area (Å²) in [6.07, 6.45) is 1.86. The second-order valence-corrected chi connectivity index (χ2v) is 4.56. The van der Waals surface area contributed by atoms with E-state index in [1.54, 1.807) is 6.07 Å². The van der Waals surface area contributed by atoms with E-state index in [-0.39, 0.29) is 5.56 Å². The number of aromatic nitrogens is 1. The van der Waals surface area contributed by atoms with Crippen molar-refractivity contribution in [1.29, 1.82) is 0 Å². The van der Waals surface area contributed by atoms with Crippen LogP contribution in [0.2, 0.25) is 0 Å². The minimum Gasteiger partial charge on any atom is -0.478 e. The van der Waals surface area contributed by atoms with Gasteiger partial charge in [0.25, 0.3) is 0 Å². The lowest BCUT2D eigenvalue weighted by atomic mass is 10.1. The maximum absolute atomic E-state index is 13.5. The molecule has 0 unspecified atom stereocenters. The van der Waals surface area contributed by atoms with Gasteiger partial charge >= 0.3 is 5.97 Å². The third-order valence-corrected chi connectivity index (χ3v) is 2.65. The number of rotatable bonds is 3. The van der Waals surface area contributed by atoms with Crippen LogP contribution in [-0.4, -0.2) is 15.6 Å². The Labute approximate surface area is 98.5 Å². The number of hydrogen-bond acceptors (Lipinski definition) is 1. The van der Waals surface area contributed by atoms with E-state index in [2.05, 4.69) is 13.8 Å². The Kier molecular flexibility index (Phi) is 2.88. The fourth-order valence-corrected chi connectivity index (χ4v) is 1.93. The number of carbonyl (C=O) groups is 1. The van der Waals surface area contributed by atoms with Crippen LogP contribution in [0.5, 0.6) is 0 Å². The number of carboxylic acids is 1. The number of benzene rings is 1. The molecule has 0 aliphatic carbocycles. The minimum absolute atomic E-state index is 0.277. The van der Waals surface area contributed by atoms with Crippen molar-refractivity contribution in [3.05, 3.63) is 35.8 Å². The molecular formula is C13H14FNO2. The molecule has 0 atom stereocenters. The van der Waals surface area contributed by atoms with Crippen LogP contribution in [0.15, 0.2) is 24.4 Å². The molecule has 1 heterocycles. The fourth-order valence-electron chi connectivity index (χ4n) is 1.93. The van der Waals surface area contributed by atoms with E-state index >= 15 is 0 Å². The molecule has 2 aromatic rings. The van der Waals surface area contributed by atoms with E-state index < -0.39 is 11.8 Å². The zero-order valence-electron chi connectivity index (χ0n) is 9.77. The fraction of sp³-hybridized carbons (Fsp3) is 0.308. The van der Waals surface area contributed by atoms with Crippen LogP contribution < -0.4 is 0 Å².